The number of aliphatic carboxylic acids is 1. The largest absolute Gasteiger partial charge is 0.494 e. The number of hydrogen-bond donors (Lipinski definition) is 2. The van der Waals surface area contributed by atoms with Gasteiger partial charge in [-0.25, -0.2) is 9.59 Å². The van der Waals surface area contributed by atoms with Crippen molar-refractivity contribution in [2.45, 2.75) is 39.5 Å². The topological polar surface area (TPSA) is 113 Å². The number of thiophene rings is 1. The molecule has 0 radical (unpaired) electrons. The van der Waals surface area contributed by atoms with E-state index in [0.717, 1.165) is 51.0 Å². The molecule has 5 rings (SSSR count). The van der Waals surface area contributed by atoms with Crippen LogP contribution in [0.1, 0.15) is 26.7 Å². The molecule has 2 aromatic carbocycles. The minimum Gasteiger partial charge on any atom is -0.494 e. The summed E-state index contributed by atoms with van der Waals surface area (Å²) < 4.78 is 13.9. The monoisotopic (exact) mass is 606 g/mol. The Morgan fingerprint density at radius 3 is 2.58 bits per heavy atom. The quantitative estimate of drug-likeness (QED) is 0.217. The molecule has 1 aliphatic heterocycles. The van der Waals surface area contributed by atoms with E-state index in [9.17, 15) is 19.5 Å². The van der Waals surface area contributed by atoms with Gasteiger partial charge in [0.1, 0.15) is 11.8 Å². The molecule has 0 aliphatic carbocycles. The van der Waals surface area contributed by atoms with Crippen LogP contribution in [-0.4, -0.2) is 72.0 Å². The van der Waals surface area contributed by atoms with Crippen molar-refractivity contribution >= 4 is 50.1 Å². The molecule has 1 aliphatic rings. The lowest BCUT2D eigenvalue weighted by Crippen LogP contribution is -2.46. The molecule has 1 saturated heterocycles. The minimum absolute atomic E-state index is 0.326. The number of piperazine rings is 1. The summed E-state index contributed by atoms with van der Waals surface area (Å²) in [6.07, 6.45) is 1.02. The van der Waals surface area contributed by atoms with Crippen molar-refractivity contribution < 1.29 is 24.2 Å². The molecule has 2 aromatic heterocycles. The zero-order valence-corrected chi connectivity index (χ0v) is 25.3. The maximum atomic E-state index is 12.6. The van der Waals surface area contributed by atoms with Gasteiger partial charge in [-0.15, -0.1) is 11.3 Å². The molecule has 10 nitrogen and oxygen atoms in total. The zero-order valence-electron chi connectivity index (χ0n) is 24.5. The van der Waals surface area contributed by atoms with Gasteiger partial charge in [-0.1, -0.05) is 19.9 Å². The molecule has 3 heterocycles. The molecule has 0 bridgehead atoms. The van der Waals surface area contributed by atoms with Gasteiger partial charge < -0.3 is 24.8 Å². The maximum absolute atomic E-state index is 12.6. The predicted octanol–water partition coefficient (Wildman–Crippen LogP) is 4.99. The van der Waals surface area contributed by atoms with Crippen molar-refractivity contribution in [1.29, 1.82) is 0 Å². The first-order chi connectivity index (χ1) is 20.8. The number of carboxylic acids is 1. The van der Waals surface area contributed by atoms with Gasteiger partial charge in [-0.3, -0.25) is 14.3 Å². The normalized spacial score (nSPS) is 14.7. The Hall–Kier alpha value is -4.09. The Morgan fingerprint density at radius 2 is 1.81 bits per heavy atom. The summed E-state index contributed by atoms with van der Waals surface area (Å²) in [5.41, 5.74) is 1.55. The van der Waals surface area contributed by atoms with Crippen LogP contribution in [-0.2, 0) is 16.3 Å². The third-order valence-corrected chi connectivity index (χ3v) is 8.70. The fourth-order valence-electron chi connectivity index (χ4n) is 5.39. The van der Waals surface area contributed by atoms with E-state index < -0.39 is 18.1 Å². The first kappa shape index (κ1) is 30.4. The second kappa shape index (κ2) is 13.9. The third kappa shape index (κ3) is 7.47. The fraction of sp³-hybridized carbons (Fsp3) is 0.406. The van der Waals surface area contributed by atoms with Crippen LogP contribution in [0.4, 0.5) is 10.5 Å². The number of hydrogen-bond acceptors (Lipinski definition) is 8. The molecule has 1 atom stereocenters. The first-order valence-electron chi connectivity index (χ1n) is 14.7. The van der Waals surface area contributed by atoms with Crippen LogP contribution in [0.25, 0.3) is 21.0 Å². The molecule has 1 fully saturated rings. The predicted molar refractivity (Wildman–Crippen MR) is 169 cm³/mol. The molecule has 0 spiro atoms. The highest BCUT2D eigenvalue weighted by atomic mass is 32.1. The molecule has 0 unspecified atom stereocenters. The van der Waals surface area contributed by atoms with Gasteiger partial charge in [0.05, 0.1) is 12.1 Å². The zero-order chi connectivity index (χ0) is 30.3. The van der Waals surface area contributed by atoms with E-state index in [1.165, 1.54) is 26.4 Å². The number of nitrogens with one attached hydrogen (secondary N) is 1. The number of unbranched alkanes of at least 4 members (excludes halogenated alkanes) is 1. The van der Waals surface area contributed by atoms with Crippen LogP contribution >= 0.6 is 11.3 Å². The Labute approximate surface area is 254 Å². The highest BCUT2D eigenvalue weighted by Crippen LogP contribution is 2.31. The van der Waals surface area contributed by atoms with Crippen molar-refractivity contribution in [2.75, 3.05) is 44.2 Å². The standard InChI is InChI=1S/C32H38N4O6S/c1-22(2)30(31(38)39)33-32(40)42-21-36-27-20-24(10-8-23(27)9-11-29(36)37)41-18-4-3-13-34-14-16-35(17-15-34)26-6-5-7-28-25(26)12-19-43-28/h5-12,19-20,22,30H,3-4,13-18,21H2,1-2H3,(H,33,40)(H,38,39)/t30-/m0/s1. The summed E-state index contributed by atoms with van der Waals surface area (Å²) in [6.45, 7) is 8.71. The average molecular weight is 607 g/mol. The van der Waals surface area contributed by atoms with Crippen molar-refractivity contribution in [3.8, 4) is 5.75 Å². The maximum Gasteiger partial charge on any atom is 0.409 e. The van der Waals surface area contributed by atoms with E-state index in [1.807, 2.05) is 12.1 Å². The molecular weight excluding hydrogens is 568 g/mol. The summed E-state index contributed by atoms with van der Waals surface area (Å²) in [7, 11) is 0. The highest BCUT2D eigenvalue weighted by molar-refractivity contribution is 7.17. The lowest BCUT2D eigenvalue weighted by molar-refractivity contribution is -0.140. The summed E-state index contributed by atoms with van der Waals surface area (Å²) in [4.78, 5) is 41.2. The summed E-state index contributed by atoms with van der Waals surface area (Å²) in [5.74, 6) is -0.854. The second-order valence-corrected chi connectivity index (χ2v) is 12.0. The summed E-state index contributed by atoms with van der Waals surface area (Å²) >= 11 is 1.79. The molecule has 11 heteroatoms. The number of alkyl carbamates (subject to hydrolysis) is 1. The molecule has 228 valence electrons. The van der Waals surface area contributed by atoms with Crippen molar-refractivity contribution in [3.63, 3.8) is 0 Å². The Kier molecular flexibility index (Phi) is 9.83. The number of pyridine rings is 1. The van der Waals surface area contributed by atoms with Gasteiger partial charge in [0.15, 0.2) is 6.73 Å². The highest BCUT2D eigenvalue weighted by Gasteiger charge is 2.24. The number of aromatic nitrogens is 1. The number of benzene rings is 2. The number of amides is 1. The molecule has 43 heavy (non-hydrogen) atoms. The van der Waals surface area contributed by atoms with Gasteiger partial charge in [-0.05, 0) is 72.5 Å². The van der Waals surface area contributed by atoms with Crippen LogP contribution < -0.4 is 20.5 Å². The number of fused-ring (bicyclic) bond motifs is 2. The molecule has 0 saturated carbocycles. The number of carbonyl (C=O) groups excluding carboxylic acids is 1. The van der Waals surface area contributed by atoms with Gasteiger partial charge in [0.25, 0.3) is 5.56 Å². The number of nitrogens with zero attached hydrogens (tertiary/aromatic N) is 3. The SMILES string of the molecule is CC(C)[C@H](NC(=O)OCn1c(=O)ccc2ccc(OCCCCN3CCN(c4cccc5sccc45)CC3)cc21)C(=O)O. The van der Waals surface area contributed by atoms with Gasteiger partial charge in [-0.2, -0.15) is 0 Å². The van der Waals surface area contributed by atoms with E-state index in [4.69, 9.17) is 9.47 Å². The molecule has 1 amide bonds. The number of carbonyl (C=O) groups is 2. The number of rotatable bonds is 12. The van der Waals surface area contributed by atoms with Gasteiger partial charge in [0, 0.05) is 54.1 Å². The summed E-state index contributed by atoms with van der Waals surface area (Å²) in [5, 5.41) is 15.9. The van der Waals surface area contributed by atoms with E-state index in [1.54, 1.807) is 37.3 Å². The summed E-state index contributed by atoms with van der Waals surface area (Å²) in [6, 6.07) is 16.3. The van der Waals surface area contributed by atoms with Crippen molar-refractivity contribution in [2.24, 2.45) is 5.92 Å². The van der Waals surface area contributed by atoms with Crippen LogP contribution in [0.2, 0.25) is 0 Å². The Balaban J connectivity index is 1.09. The molecule has 2 N–H and O–H groups in total. The van der Waals surface area contributed by atoms with Crippen molar-refractivity contribution in [1.82, 2.24) is 14.8 Å². The van der Waals surface area contributed by atoms with Crippen LogP contribution in [0.15, 0.2) is 64.8 Å². The second-order valence-electron chi connectivity index (χ2n) is 11.1. The third-order valence-electron chi connectivity index (χ3n) is 7.82. The van der Waals surface area contributed by atoms with Crippen molar-refractivity contribution in [3.05, 3.63) is 70.3 Å². The van der Waals surface area contributed by atoms with E-state index in [2.05, 4.69) is 44.8 Å². The van der Waals surface area contributed by atoms with Gasteiger partial charge in [0.2, 0.25) is 0 Å². The lowest BCUT2D eigenvalue weighted by Gasteiger charge is -2.36. The van der Waals surface area contributed by atoms with E-state index in [-0.39, 0.29) is 18.2 Å². The van der Waals surface area contributed by atoms with Crippen LogP contribution in [0, 0.1) is 5.92 Å². The van der Waals surface area contributed by atoms with Crippen LogP contribution in [0.3, 0.4) is 0 Å². The Bertz CT molecular complexity index is 1630. The van der Waals surface area contributed by atoms with Crippen LogP contribution in [0.5, 0.6) is 5.75 Å². The lowest BCUT2D eigenvalue weighted by atomic mass is 10.1. The smallest absolute Gasteiger partial charge is 0.409 e. The van der Waals surface area contributed by atoms with E-state index in [0.29, 0.717) is 17.9 Å². The Morgan fingerprint density at radius 1 is 1.02 bits per heavy atom. The fourth-order valence-corrected chi connectivity index (χ4v) is 6.20. The average Bonchev–Trinajstić information content (AvgIpc) is 3.48. The van der Waals surface area contributed by atoms with E-state index >= 15 is 0 Å². The molecule has 4 aromatic rings. The van der Waals surface area contributed by atoms with Gasteiger partial charge >= 0.3 is 12.1 Å². The molecular formula is C32H38N4O6S. The number of ether oxygens (including phenoxy) is 2. The minimum atomic E-state index is -1.15. The first-order valence-corrected chi connectivity index (χ1v) is 15.5. The number of anilines is 1. The number of carboxylic acid groups (broad SMARTS) is 1.